The second-order valence-corrected chi connectivity index (χ2v) is 5.11. The lowest BCUT2D eigenvalue weighted by Crippen LogP contribution is -2.00. The minimum atomic E-state index is 0.604. The lowest BCUT2D eigenvalue weighted by atomic mass is 10.1. The van der Waals surface area contributed by atoms with Gasteiger partial charge < -0.3 is 5.32 Å². The monoisotopic (exact) mass is 255 g/mol. The molecule has 2 aromatic rings. The third-order valence-electron chi connectivity index (χ3n) is 3.28. The highest BCUT2D eigenvalue weighted by atomic mass is 35.5. The van der Waals surface area contributed by atoms with Gasteiger partial charge in [0.25, 0.3) is 0 Å². The number of rotatable bonds is 3. The first kappa shape index (κ1) is 11.4. The summed E-state index contributed by atoms with van der Waals surface area (Å²) in [6, 6.07) is 15.1. The second kappa shape index (κ2) is 4.51. The maximum Gasteiger partial charge on any atom is 0.0501 e. The van der Waals surface area contributed by atoms with E-state index in [1.54, 1.807) is 0 Å². The molecule has 2 aromatic carbocycles. The number of hydrogen-bond donors (Lipinski definition) is 1. The smallest absolute Gasteiger partial charge is 0.0501 e. The molecule has 1 N–H and O–H groups in total. The van der Waals surface area contributed by atoms with E-state index in [4.69, 9.17) is 11.6 Å². The van der Waals surface area contributed by atoms with E-state index in [2.05, 4.69) is 54.4 Å². The molecule has 0 fully saturated rings. The number of halogens is 1. The topological polar surface area (TPSA) is 12.0 Å². The maximum atomic E-state index is 5.76. The van der Waals surface area contributed by atoms with Gasteiger partial charge >= 0.3 is 0 Å². The second-order valence-electron chi connectivity index (χ2n) is 4.58. The van der Waals surface area contributed by atoms with Crippen molar-refractivity contribution in [2.75, 3.05) is 11.9 Å². The summed E-state index contributed by atoms with van der Waals surface area (Å²) < 4.78 is 0. The van der Waals surface area contributed by atoms with Crippen molar-refractivity contribution in [1.29, 1.82) is 0 Å². The summed E-state index contributed by atoms with van der Waals surface area (Å²) in [5.41, 5.74) is 6.60. The molecule has 18 heavy (non-hydrogen) atoms. The molecule has 90 valence electrons. The zero-order valence-electron chi connectivity index (χ0n) is 10.0. The summed E-state index contributed by atoms with van der Waals surface area (Å²) in [5, 5.41) is 3.89. The van der Waals surface area contributed by atoms with Crippen LogP contribution in [0.3, 0.4) is 0 Å². The molecule has 1 aliphatic rings. The van der Waals surface area contributed by atoms with Gasteiger partial charge in [-0.3, -0.25) is 0 Å². The molecule has 0 saturated heterocycles. The molecule has 0 aromatic heterocycles. The van der Waals surface area contributed by atoms with Crippen LogP contribution >= 0.6 is 11.6 Å². The zero-order valence-corrected chi connectivity index (χ0v) is 10.8. The molecule has 2 heteroatoms. The van der Waals surface area contributed by atoms with Gasteiger partial charge in [0.05, 0.1) is 6.54 Å². The Kier molecular flexibility index (Phi) is 2.85. The molecule has 1 nitrogen and oxygen atoms in total. The standard InChI is InChI=1S/C16H14ClN/c1-11(17)10-18-14-6-7-16-13(9-14)8-12-4-2-3-5-15(12)16/h2-7,9,18H,1,8,10H2. The first-order chi connectivity index (χ1) is 8.74. The van der Waals surface area contributed by atoms with Crippen molar-refractivity contribution in [2.45, 2.75) is 6.42 Å². The molecule has 0 atom stereocenters. The Balaban J connectivity index is 1.91. The van der Waals surface area contributed by atoms with E-state index in [0.717, 1.165) is 12.1 Å². The van der Waals surface area contributed by atoms with E-state index in [-0.39, 0.29) is 0 Å². The Morgan fingerprint density at radius 1 is 1.11 bits per heavy atom. The fourth-order valence-corrected chi connectivity index (χ4v) is 2.52. The number of nitrogens with one attached hydrogen (secondary N) is 1. The van der Waals surface area contributed by atoms with Crippen molar-refractivity contribution in [3.63, 3.8) is 0 Å². The van der Waals surface area contributed by atoms with Crippen LogP contribution in [0.1, 0.15) is 11.1 Å². The van der Waals surface area contributed by atoms with Gasteiger partial charge in [0.15, 0.2) is 0 Å². The molecule has 0 bridgehead atoms. The minimum Gasteiger partial charge on any atom is -0.380 e. The summed E-state index contributed by atoms with van der Waals surface area (Å²) >= 11 is 5.76. The maximum absolute atomic E-state index is 5.76. The minimum absolute atomic E-state index is 0.604. The predicted octanol–water partition coefficient (Wildman–Crippen LogP) is 4.42. The summed E-state index contributed by atoms with van der Waals surface area (Å²) in [5.74, 6) is 0. The molecule has 0 aliphatic heterocycles. The van der Waals surface area contributed by atoms with Crippen LogP contribution in [0, 0.1) is 0 Å². The Morgan fingerprint density at radius 3 is 2.72 bits per heavy atom. The summed E-state index contributed by atoms with van der Waals surface area (Å²) in [6.07, 6.45) is 1.02. The van der Waals surface area contributed by atoms with Crippen LogP contribution in [0.15, 0.2) is 54.1 Å². The molecule has 0 radical (unpaired) electrons. The lowest BCUT2D eigenvalue weighted by molar-refractivity contribution is 1.25. The number of hydrogen-bond acceptors (Lipinski definition) is 1. The van der Waals surface area contributed by atoms with Gasteiger partial charge in [0, 0.05) is 10.7 Å². The average molecular weight is 256 g/mol. The Bertz CT molecular complexity index is 616. The van der Waals surface area contributed by atoms with E-state index < -0.39 is 0 Å². The molecule has 0 amide bonds. The van der Waals surface area contributed by atoms with Gasteiger partial charge in [-0.1, -0.05) is 48.5 Å². The first-order valence-electron chi connectivity index (χ1n) is 6.02. The van der Waals surface area contributed by atoms with Crippen LogP contribution in [-0.2, 0) is 6.42 Å². The molecule has 0 spiro atoms. The SMILES string of the molecule is C=C(Cl)CNc1ccc2c(c1)Cc1ccccc1-2. The van der Waals surface area contributed by atoms with E-state index in [1.165, 1.54) is 22.3 Å². The lowest BCUT2D eigenvalue weighted by Gasteiger charge is -2.07. The van der Waals surface area contributed by atoms with Crippen LogP contribution in [0.5, 0.6) is 0 Å². The number of anilines is 1. The highest BCUT2D eigenvalue weighted by Gasteiger charge is 2.17. The summed E-state index contributed by atoms with van der Waals surface area (Å²) in [4.78, 5) is 0. The molecule has 0 unspecified atom stereocenters. The molecule has 3 rings (SSSR count). The van der Waals surface area contributed by atoms with Crippen LogP contribution in [0.25, 0.3) is 11.1 Å². The van der Waals surface area contributed by atoms with Gasteiger partial charge in [-0.15, -0.1) is 0 Å². The summed E-state index contributed by atoms with van der Waals surface area (Å²) in [7, 11) is 0. The van der Waals surface area contributed by atoms with E-state index >= 15 is 0 Å². The molecular weight excluding hydrogens is 242 g/mol. The molecule has 0 saturated carbocycles. The summed E-state index contributed by atoms with van der Waals surface area (Å²) in [6.45, 7) is 4.28. The van der Waals surface area contributed by atoms with Crippen LogP contribution in [0.2, 0.25) is 0 Å². The Hall–Kier alpha value is -1.73. The normalized spacial score (nSPS) is 11.8. The number of benzene rings is 2. The quantitative estimate of drug-likeness (QED) is 0.730. The van der Waals surface area contributed by atoms with Gasteiger partial charge in [0.2, 0.25) is 0 Å². The van der Waals surface area contributed by atoms with Gasteiger partial charge in [-0.25, -0.2) is 0 Å². The van der Waals surface area contributed by atoms with Crippen molar-refractivity contribution < 1.29 is 0 Å². The average Bonchev–Trinajstić information content (AvgIpc) is 2.73. The van der Waals surface area contributed by atoms with Crippen LogP contribution in [0.4, 0.5) is 5.69 Å². The predicted molar refractivity (Wildman–Crippen MR) is 78.2 cm³/mol. The van der Waals surface area contributed by atoms with E-state index in [9.17, 15) is 0 Å². The van der Waals surface area contributed by atoms with Crippen molar-refractivity contribution >= 4 is 17.3 Å². The first-order valence-corrected chi connectivity index (χ1v) is 6.40. The highest BCUT2D eigenvalue weighted by Crippen LogP contribution is 2.37. The van der Waals surface area contributed by atoms with Gasteiger partial charge in [-0.05, 0) is 40.8 Å². The van der Waals surface area contributed by atoms with Crippen LogP contribution in [-0.4, -0.2) is 6.54 Å². The van der Waals surface area contributed by atoms with Crippen molar-refractivity contribution in [1.82, 2.24) is 0 Å². The molecule has 0 heterocycles. The van der Waals surface area contributed by atoms with Crippen LogP contribution < -0.4 is 5.32 Å². The largest absolute Gasteiger partial charge is 0.380 e. The fourth-order valence-electron chi connectivity index (χ4n) is 2.45. The Labute approximate surface area is 112 Å². The zero-order chi connectivity index (χ0) is 12.5. The van der Waals surface area contributed by atoms with Crippen molar-refractivity contribution in [3.8, 4) is 11.1 Å². The highest BCUT2D eigenvalue weighted by molar-refractivity contribution is 6.29. The van der Waals surface area contributed by atoms with E-state index in [0.29, 0.717) is 11.6 Å². The fraction of sp³-hybridized carbons (Fsp3) is 0.125. The third-order valence-corrected chi connectivity index (χ3v) is 3.41. The third kappa shape index (κ3) is 2.02. The van der Waals surface area contributed by atoms with Crippen molar-refractivity contribution in [3.05, 3.63) is 65.2 Å². The van der Waals surface area contributed by atoms with Gasteiger partial charge in [0.1, 0.15) is 0 Å². The number of fused-ring (bicyclic) bond motifs is 3. The molecular formula is C16H14ClN. The van der Waals surface area contributed by atoms with Gasteiger partial charge in [-0.2, -0.15) is 0 Å². The van der Waals surface area contributed by atoms with Crippen molar-refractivity contribution in [2.24, 2.45) is 0 Å². The van der Waals surface area contributed by atoms with E-state index in [1.807, 2.05) is 0 Å². The molecule has 1 aliphatic carbocycles. The Morgan fingerprint density at radius 2 is 1.89 bits per heavy atom.